The molecule has 1 aliphatic carbocycles. The Morgan fingerprint density at radius 2 is 2.04 bits per heavy atom. The average Bonchev–Trinajstić information content (AvgIpc) is 2.60. The number of ether oxygens (including phenoxy) is 2. The lowest BCUT2D eigenvalue weighted by atomic mass is 9.72. The van der Waals surface area contributed by atoms with Gasteiger partial charge in [0, 0.05) is 24.4 Å². The number of methoxy groups -OCH3 is 2. The molecule has 0 saturated heterocycles. The van der Waals surface area contributed by atoms with Crippen LogP contribution in [0.1, 0.15) is 36.8 Å². The molecule has 0 aromatic heterocycles. The molecule has 2 atom stereocenters. The molecular formula is C19H22N2O3. The number of rotatable bonds is 2. The van der Waals surface area contributed by atoms with Crippen LogP contribution in [0.2, 0.25) is 0 Å². The quantitative estimate of drug-likeness (QED) is 0.905. The van der Waals surface area contributed by atoms with Crippen LogP contribution in [-0.4, -0.2) is 36.5 Å². The Kier molecular flexibility index (Phi) is 3.47. The summed E-state index contributed by atoms with van der Waals surface area (Å²) in [6.07, 6.45) is 4.21. The predicted octanol–water partition coefficient (Wildman–Crippen LogP) is 2.69. The number of fused-ring (bicyclic) bond motifs is 6. The van der Waals surface area contributed by atoms with E-state index in [0.29, 0.717) is 17.9 Å². The van der Waals surface area contributed by atoms with Crippen LogP contribution in [-0.2, 0) is 6.42 Å². The lowest BCUT2D eigenvalue weighted by Crippen LogP contribution is -2.56. The Morgan fingerprint density at radius 1 is 1.29 bits per heavy atom. The first-order valence-corrected chi connectivity index (χ1v) is 8.51. The highest BCUT2D eigenvalue weighted by molar-refractivity contribution is 5.78. The third-order valence-corrected chi connectivity index (χ3v) is 5.73. The Balaban J connectivity index is 1.95. The van der Waals surface area contributed by atoms with Crippen molar-refractivity contribution in [3.8, 4) is 17.6 Å². The summed E-state index contributed by atoms with van der Waals surface area (Å²) in [6, 6.07) is 6.40. The molecule has 5 heteroatoms. The second kappa shape index (κ2) is 5.42. The van der Waals surface area contributed by atoms with E-state index >= 15 is 0 Å². The van der Waals surface area contributed by atoms with E-state index in [-0.39, 0.29) is 5.92 Å². The maximum Gasteiger partial charge on any atom is 0.161 e. The largest absolute Gasteiger partial charge is 0.493 e. The minimum Gasteiger partial charge on any atom is -0.493 e. The van der Waals surface area contributed by atoms with E-state index < -0.39 is 5.72 Å². The molecule has 126 valence electrons. The van der Waals surface area contributed by atoms with E-state index in [0.717, 1.165) is 54.6 Å². The molecule has 5 nitrogen and oxygen atoms in total. The van der Waals surface area contributed by atoms with Gasteiger partial charge in [0.2, 0.25) is 0 Å². The lowest BCUT2D eigenvalue weighted by molar-refractivity contribution is -0.119. The first kappa shape index (κ1) is 15.3. The van der Waals surface area contributed by atoms with Crippen molar-refractivity contribution >= 4 is 5.70 Å². The summed E-state index contributed by atoms with van der Waals surface area (Å²) in [7, 11) is 3.25. The van der Waals surface area contributed by atoms with Gasteiger partial charge >= 0.3 is 0 Å². The second-order valence-corrected chi connectivity index (χ2v) is 6.92. The Morgan fingerprint density at radius 3 is 2.75 bits per heavy atom. The highest BCUT2D eigenvalue weighted by atomic mass is 16.5. The summed E-state index contributed by atoms with van der Waals surface area (Å²) in [5.74, 6) is 1.52. The monoisotopic (exact) mass is 326 g/mol. The molecule has 4 rings (SSSR count). The number of nitriles is 1. The summed E-state index contributed by atoms with van der Waals surface area (Å²) in [5.41, 5.74) is 3.05. The smallest absolute Gasteiger partial charge is 0.161 e. The van der Waals surface area contributed by atoms with Crippen LogP contribution in [0.25, 0.3) is 5.70 Å². The lowest BCUT2D eigenvalue weighted by Gasteiger charge is -2.53. The molecule has 1 aromatic carbocycles. The van der Waals surface area contributed by atoms with Crippen molar-refractivity contribution in [1.82, 2.24) is 4.90 Å². The van der Waals surface area contributed by atoms with E-state index in [9.17, 15) is 10.4 Å². The summed E-state index contributed by atoms with van der Waals surface area (Å²) in [5, 5.41) is 21.0. The van der Waals surface area contributed by atoms with Gasteiger partial charge in [-0.3, -0.25) is 0 Å². The minimum absolute atomic E-state index is 0.152. The molecule has 3 aliphatic rings. The van der Waals surface area contributed by atoms with Crippen LogP contribution in [0.4, 0.5) is 0 Å². The molecule has 1 N–H and O–H groups in total. The predicted molar refractivity (Wildman–Crippen MR) is 89.4 cm³/mol. The molecule has 0 amide bonds. The average molecular weight is 326 g/mol. The highest BCUT2D eigenvalue weighted by Gasteiger charge is 2.48. The summed E-state index contributed by atoms with van der Waals surface area (Å²) in [4.78, 5) is 2.06. The van der Waals surface area contributed by atoms with Crippen LogP contribution in [0.5, 0.6) is 11.5 Å². The van der Waals surface area contributed by atoms with Crippen LogP contribution < -0.4 is 9.47 Å². The van der Waals surface area contributed by atoms with Crippen LogP contribution in [0.15, 0.2) is 17.7 Å². The van der Waals surface area contributed by atoms with E-state index in [4.69, 9.17) is 9.47 Å². The van der Waals surface area contributed by atoms with Crippen LogP contribution in [0, 0.1) is 17.2 Å². The number of allylic oxidation sites excluding steroid dienone is 1. The van der Waals surface area contributed by atoms with Gasteiger partial charge in [0.25, 0.3) is 0 Å². The van der Waals surface area contributed by atoms with Crippen LogP contribution in [0.3, 0.4) is 0 Å². The fourth-order valence-electron chi connectivity index (χ4n) is 4.60. The molecule has 2 unspecified atom stereocenters. The summed E-state index contributed by atoms with van der Waals surface area (Å²) < 4.78 is 10.9. The zero-order chi connectivity index (χ0) is 16.9. The van der Waals surface area contributed by atoms with Gasteiger partial charge in [0.1, 0.15) is 5.72 Å². The van der Waals surface area contributed by atoms with Crippen molar-refractivity contribution in [3.05, 3.63) is 28.8 Å². The number of benzene rings is 1. The topological polar surface area (TPSA) is 65.7 Å². The molecule has 2 aliphatic heterocycles. The third kappa shape index (κ3) is 2.03. The van der Waals surface area contributed by atoms with Gasteiger partial charge in [0.15, 0.2) is 11.5 Å². The molecule has 2 bridgehead atoms. The molecule has 0 radical (unpaired) electrons. The Labute approximate surface area is 142 Å². The number of aliphatic hydroxyl groups is 1. The normalized spacial score (nSPS) is 27.9. The molecular weight excluding hydrogens is 304 g/mol. The van der Waals surface area contributed by atoms with E-state index in [1.54, 1.807) is 14.2 Å². The van der Waals surface area contributed by atoms with Gasteiger partial charge in [-0.1, -0.05) is 0 Å². The Hall–Kier alpha value is -2.19. The number of hydrogen-bond donors (Lipinski definition) is 1. The molecule has 1 fully saturated rings. The van der Waals surface area contributed by atoms with Gasteiger partial charge in [0.05, 0.1) is 31.6 Å². The van der Waals surface area contributed by atoms with Crippen molar-refractivity contribution in [2.24, 2.45) is 5.92 Å². The summed E-state index contributed by atoms with van der Waals surface area (Å²) >= 11 is 0. The van der Waals surface area contributed by atoms with Gasteiger partial charge in [-0.25, -0.2) is 0 Å². The van der Waals surface area contributed by atoms with Crippen LogP contribution >= 0.6 is 0 Å². The molecule has 0 spiro atoms. The van der Waals surface area contributed by atoms with E-state index in [1.165, 1.54) is 0 Å². The second-order valence-electron chi connectivity index (χ2n) is 6.92. The van der Waals surface area contributed by atoms with Crippen molar-refractivity contribution in [3.63, 3.8) is 0 Å². The maximum atomic E-state index is 11.2. The molecule has 2 heterocycles. The SMILES string of the molecule is COc1cc2c(cc1OC)C1=C(C#N)C3CCCC(O)(C3)N1CC2. The maximum absolute atomic E-state index is 11.2. The molecule has 1 saturated carbocycles. The Bertz CT molecular complexity index is 765. The van der Waals surface area contributed by atoms with Gasteiger partial charge in [-0.05, 0) is 43.4 Å². The van der Waals surface area contributed by atoms with Gasteiger partial charge in [-0.15, -0.1) is 0 Å². The van der Waals surface area contributed by atoms with Gasteiger partial charge < -0.3 is 19.5 Å². The fourth-order valence-corrected chi connectivity index (χ4v) is 4.60. The zero-order valence-electron chi connectivity index (χ0n) is 14.1. The minimum atomic E-state index is -0.816. The number of hydrogen-bond acceptors (Lipinski definition) is 5. The summed E-state index contributed by atoms with van der Waals surface area (Å²) in [6.45, 7) is 0.728. The third-order valence-electron chi connectivity index (χ3n) is 5.73. The van der Waals surface area contributed by atoms with E-state index in [1.807, 2.05) is 12.1 Å². The number of nitrogens with zero attached hydrogens (tertiary/aromatic N) is 2. The standard InChI is InChI=1S/C19H22N2O3/c1-23-16-8-12-5-7-21-18(14(12)9-17(16)24-2)15(11-20)13-4-3-6-19(21,22)10-13/h8-9,13,22H,3-7,10H2,1-2H3. The van der Waals surface area contributed by atoms with Crippen molar-refractivity contribution in [2.45, 2.75) is 37.8 Å². The fraction of sp³-hybridized carbons (Fsp3) is 0.526. The first-order valence-electron chi connectivity index (χ1n) is 8.51. The van der Waals surface area contributed by atoms with Crippen molar-refractivity contribution in [1.29, 1.82) is 5.26 Å². The zero-order valence-corrected chi connectivity index (χ0v) is 14.1. The molecule has 1 aromatic rings. The highest BCUT2D eigenvalue weighted by Crippen LogP contribution is 2.51. The van der Waals surface area contributed by atoms with Gasteiger partial charge in [-0.2, -0.15) is 5.26 Å². The first-order chi connectivity index (χ1) is 11.6. The van der Waals surface area contributed by atoms with Crippen molar-refractivity contribution in [2.75, 3.05) is 20.8 Å². The molecule has 24 heavy (non-hydrogen) atoms. The van der Waals surface area contributed by atoms with E-state index in [2.05, 4.69) is 11.0 Å². The van der Waals surface area contributed by atoms with Crippen molar-refractivity contribution < 1.29 is 14.6 Å².